The van der Waals surface area contributed by atoms with Crippen LogP contribution in [0.1, 0.15) is 18.7 Å². The zero-order valence-electron chi connectivity index (χ0n) is 7.84. The Morgan fingerprint density at radius 3 is 2.92 bits per heavy atom. The molecule has 0 radical (unpaired) electrons. The summed E-state index contributed by atoms with van der Waals surface area (Å²) in [6.07, 6.45) is 1.17. The Kier molecular flexibility index (Phi) is 4.33. The Labute approximate surface area is 78.8 Å². The normalized spacial score (nSPS) is 10.9. The fourth-order valence-corrected chi connectivity index (χ4v) is 1.77. The zero-order chi connectivity index (χ0) is 8.81. The standard InChI is InChI=1S/C10H17NS/c1-9(2)8-11-6-5-10-4-3-7-12-10/h3-4,7,9,11H,5-6,8H2,1-2H3. The second kappa shape index (κ2) is 5.33. The third kappa shape index (κ3) is 3.88. The lowest BCUT2D eigenvalue weighted by atomic mass is 10.2. The summed E-state index contributed by atoms with van der Waals surface area (Å²) in [5.41, 5.74) is 0. The molecule has 1 N–H and O–H groups in total. The van der Waals surface area contributed by atoms with Crippen LogP contribution in [-0.4, -0.2) is 13.1 Å². The van der Waals surface area contributed by atoms with Gasteiger partial charge >= 0.3 is 0 Å². The van der Waals surface area contributed by atoms with E-state index in [0.717, 1.165) is 19.0 Å². The zero-order valence-corrected chi connectivity index (χ0v) is 8.66. The average molecular weight is 183 g/mol. The topological polar surface area (TPSA) is 12.0 Å². The highest BCUT2D eigenvalue weighted by atomic mass is 32.1. The van der Waals surface area contributed by atoms with Gasteiger partial charge in [0.15, 0.2) is 0 Å². The predicted octanol–water partition coefficient (Wildman–Crippen LogP) is 2.54. The van der Waals surface area contributed by atoms with E-state index >= 15 is 0 Å². The number of rotatable bonds is 5. The molecular weight excluding hydrogens is 166 g/mol. The fourth-order valence-electron chi connectivity index (χ4n) is 1.06. The van der Waals surface area contributed by atoms with E-state index in [-0.39, 0.29) is 0 Å². The maximum atomic E-state index is 3.43. The average Bonchev–Trinajstić information content (AvgIpc) is 2.49. The van der Waals surface area contributed by atoms with E-state index in [4.69, 9.17) is 0 Å². The van der Waals surface area contributed by atoms with E-state index in [1.165, 1.54) is 11.3 Å². The van der Waals surface area contributed by atoms with Gasteiger partial charge in [-0.3, -0.25) is 0 Å². The molecule has 0 aliphatic heterocycles. The summed E-state index contributed by atoms with van der Waals surface area (Å²) in [5.74, 6) is 0.758. The van der Waals surface area contributed by atoms with Crippen molar-refractivity contribution in [1.82, 2.24) is 5.32 Å². The summed E-state index contributed by atoms with van der Waals surface area (Å²) in [4.78, 5) is 1.48. The van der Waals surface area contributed by atoms with E-state index in [0.29, 0.717) is 0 Å². The maximum Gasteiger partial charge on any atom is 0.00578 e. The van der Waals surface area contributed by atoms with Gasteiger partial charge in [-0.05, 0) is 36.9 Å². The molecule has 0 saturated carbocycles. The summed E-state index contributed by atoms with van der Waals surface area (Å²) in [7, 11) is 0. The molecule has 1 nitrogen and oxygen atoms in total. The molecule has 1 aromatic rings. The minimum atomic E-state index is 0.758. The van der Waals surface area contributed by atoms with Crippen LogP contribution in [-0.2, 0) is 6.42 Å². The van der Waals surface area contributed by atoms with Gasteiger partial charge in [0.05, 0.1) is 0 Å². The van der Waals surface area contributed by atoms with Gasteiger partial charge in [0.1, 0.15) is 0 Å². The highest BCUT2D eigenvalue weighted by molar-refractivity contribution is 7.09. The van der Waals surface area contributed by atoms with Gasteiger partial charge in [-0.15, -0.1) is 11.3 Å². The van der Waals surface area contributed by atoms with Gasteiger partial charge in [-0.1, -0.05) is 19.9 Å². The van der Waals surface area contributed by atoms with Crippen LogP contribution in [0.4, 0.5) is 0 Å². The Bertz CT molecular complexity index is 192. The van der Waals surface area contributed by atoms with Crippen LogP contribution in [0.15, 0.2) is 17.5 Å². The summed E-state index contributed by atoms with van der Waals surface area (Å²) in [6.45, 7) is 6.71. The molecule has 0 aromatic carbocycles. The van der Waals surface area contributed by atoms with Crippen molar-refractivity contribution in [3.8, 4) is 0 Å². The Morgan fingerprint density at radius 2 is 2.33 bits per heavy atom. The third-order valence-corrected chi connectivity index (χ3v) is 2.62. The first-order valence-corrected chi connectivity index (χ1v) is 5.40. The van der Waals surface area contributed by atoms with Crippen LogP contribution >= 0.6 is 11.3 Å². The number of hydrogen-bond donors (Lipinski definition) is 1. The summed E-state index contributed by atoms with van der Waals surface area (Å²) < 4.78 is 0. The first-order chi connectivity index (χ1) is 5.79. The second-order valence-corrected chi connectivity index (χ2v) is 4.46. The SMILES string of the molecule is CC(C)CNCCc1cccs1. The minimum Gasteiger partial charge on any atom is -0.316 e. The molecule has 1 heterocycles. The van der Waals surface area contributed by atoms with Crippen LogP contribution in [0.2, 0.25) is 0 Å². The maximum absolute atomic E-state index is 3.43. The fraction of sp³-hybridized carbons (Fsp3) is 0.600. The Morgan fingerprint density at radius 1 is 1.50 bits per heavy atom. The lowest BCUT2D eigenvalue weighted by Gasteiger charge is -2.05. The smallest absolute Gasteiger partial charge is 0.00578 e. The second-order valence-electron chi connectivity index (χ2n) is 3.43. The van der Waals surface area contributed by atoms with E-state index in [9.17, 15) is 0 Å². The highest BCUT2D eigenvalue weighted by Crippen LogP contribution is 2.07. The minimum absolute atomic E-state index is 0.758. The van der Waals surface area contributed by atoms with Crippen molar-refractivity contribution in [2.45, 2.75) is 20.3 Å². The quantitative estimate of drug-likeness (QED) is 0.692. The first-order valence-electron chi connectivity index (χ1n) is 4.52. The molecular formula is C10H17NS. The number of hydrogen-bond acceptors (Lipinski definition) is 2. The van der Waals surface area contributed by atoms with Crippen molar-refractivity contribution < 1.29 is 0 Å². The summed E-state index contributed by atoms with van der Waals surface area (Å²) in [6, 6.07) is 4.31. The number of nitrogens with one attached hydrogen (secondary N) is 1. The lowest BCUT2D eigenvalue weighted by Crippen LogP contribution is -2.21. The molecule has 0 unspecified atom stereocenters. The van der Waals surface area contributed by atoms with Crippen LogP contribution in [0.5, 0.6) is 0 Å². The molecule has 0 saturated heterocycles. The van der Waals surface area contributed by atoms with E-state index < -0.39 is 0 Å². The van der Waals surface area contributed by atoms with E-state index in [1.807, 2.05) is 11.3 Å². The van der Waals surface area contributed by atoms with Crippen molar-refractivity contribution >= 4 is 11.3 Å². The first kappa shape index (κ1) is 9.75. The van der Waals surface area contributed by atoms with Crippen LogP contribution in [0.25, 0.3) is 0 Å². The molecule has 0 fully saturated rings. The van der Waals surface area contributed by atoms with E-state index in [1.54, 1.807) is 0 Å². The molecule has 0 bridgehead atoms. The van der Waals surface area contributed by atoms with Gasteiger partial charge < -0.3 is 5.32 Å². The Balaban J connectivity index is 2.04. The molecule has 0 atom stereocenters. The van der Waals surface area contributed by atoms with Gasteiger partial charge in [-0.2, -0.15) is 0 Å². The lowest BCUT2D eigenvalue weighted by molar-refractivity contribution is 0.555. The van der Waals surface area contributed by atoms with Gasteiger partial charge in [0.25, 0.3) is 0 Å². The Hall–Kier alpha value is -0.340. The van der Waals surface area contributed by atoms with Gasteiger partial charge in [-0.25, -0.2) is 0 Å². The molecule has 0 aliphatic carbocycles. The van der Waals surface area contributed by atoms with Gasteiger partial charge in [0.2, 0.25) is 0 Å². The molecule has 68 valence electrons. The van der Waals surface area contributed by atoms with Gasteiger partial charge in [0, 0.05) is 4.88 Å². The molecule has 1 aromatic heterocycles. The molecule has 0 aliphatic rings. The number of thiophene rings is 1. The van der Waals surface area contributed by atoms with Crippen LogP contribution in [0.3, 0.4) is 0 Å². The summed E-state index contributed by atoms with van der Waals surface area (Å²) in [5, 5.41) is 5.57. The van der Waals surface area contributed by atoms with Crippen molar-refractivity contribution in [2.75, 3.05) is 13.1 Å². The summed E-state index contributed by atoms with van der Waals surface area (Å²) >= 11 is 1.84. The largest absolute Gasteiger partial charge is 0.316 e. The molecule has 0 amide bonds. The monoisotopic (exact) mass is 183 g/mol. The van der Waals surface area contributed by atoms with Crippen molar-refractivity contribution in [3.63, 3.8) is 0 Å². The predicted molar refractivity (Wildman–Crippen MR) is 55.7 cm³/mol. The molecule has 12 heavy (non-hydrogen) atoms. The molecule has 2 heteroatoms. The molecule has 0 spiro atoms. The van der Waals surface area contributed by atoms with E-state index in [2.05, 4.69) is 36.7 Å². The van der Waals surface area contributed by atoms with Crippen molar-refractivity contribution in [1.29, 1.82) is 0 Å². The van der Waals surface area contributed by atoms with Crippen LogP contribution < -0.4 is 5.32 Å². The van der Waals surface area contributed by atoms with Crippen LogP contribution in [0, 0.1) is 5.92 Å². The molecule has 1 rings (SSSR count). The van der Waals surface area contributed by atoms with Crippen molar-refractivity contribution in [3.05, 3.63) is 22.4 Å². The highest BCUT2D eigenvalue weighted by Gasteiger charge is 1.94. The van der Waals surface area contributed by atoms with Crippen molar-refractivity contribution in [2.24, 2.45) is 5.92 Å². The third-order valence-electron chi connectivity index (χ3n) is 1.68.